The van der Waals surface area contributed by atoms with Gasteiger partial charge in [0.05, 0.1) is 5.92 Å². The van der Waals surface area contributed by atoms with E-state index < -0.39 is 17.3 Å². The quantitative estimate of drug-likeness (QED) is 0.637. The van der Waals surface area contributed by atoms with Crippen molar-refractivity contribution in [2.24, 2.45) is 5.92 Å². The van der Waals surface area contributed by atoms with Gasteiger partial charge in [-0.2, -0.15) is 0 Å². The number of carbonyl (C=O) groups is 1. The van der Waals surface area contributed by atoms with E-state index in [4.69, 9.17) is 13.9 Å². The molecule has 2 aromatic rings. The maximum absolute atomic E-state index is 12.2. The molecule has 0 saturated carbocycles. The Labute approximate surface area is 140 Å². The molecular weight excluding hydrogens is 308 g/mol. The van der Waals surface area contributed by atoms with Crippen LogP contribution in [-0.4, -0.2) is 17.7 Å². The topological polar surface area (TPSA) is 65.7 Å². The Hall–Kier alpha value is -2.30. The minimum atomic E-state index is -0.654. The molecule has 2 atom stereocenters. The summed E-state index contributed by atoms with van der Waals surface area (Å²) >= 11 is 0. The van der Waals surface area contributed by atoms with Crippen LogP contribution in [0.25, 0.3) is 11.0 Å². The van der Waals surface area contributed by atoms with E-state index in [9.17, 15) is 9.59 Å². The molecule has 0 fully saturated rings. The lowest BCUT2D eigenvalue weighted by Crippen LogP contribution is -2.49. The molecule has 3 rings (SSSR count). The predicted molar refractivity (Wildman–Crippen MR) is 90.2 cm³/mol. The van der Waals surface area contributed by atoms with Crippen molar-refractivity contribution in [3.05, 3.63) is 40.2 Å². The smallest absolute Gasteiger partial charge is 0.336 e. The first-order valence-corrected chi connectivity index (χ1v) is 8.27. The molecule has 1 aromatic carbocycles. The average molecular weight is 330 g/mol. The molecule has 1 aliphatic rings. The first-order valence-electron chi connectivity index (χ1n) is 8.27. The number of hydrogen-bond acceptors (Lipinski definition) is 5. The van der Waals surface area contributed by atoms with Crippen LogP contribution in [0.4, 0.5) is 0 Å². The van der Waals surface area contributed by atoms with Gasteiger partial charge in [0.25, 0.3) is 0 Å². The fraction of sp³-hybridized carbons (Fsp3) is 0.474. The van der Waals surface area contributed by atoms with Crippen LogP contribution in [-0.2, 0) is 16.0 Å². The van der Waals surface area contributed by atoms with Crippen LogP contribution in [0, 0.1) is 5.92 Å². The molecule has 0 radical (unpaired) electrons. The SMILES string of the molecule is CCC(C)C(=O)OC1Cc2c(ccc3ccc(=O)oc23)OC1(C)C. The molecule has 128 valence electrons. The largest absolute Gasteiger partial charge is 0.484 e. The molecule has 0 bridgehead atoms. The van der Waals surface area contributed by atoms with Crippen LogP contribution in [0.15, 0.2) is 33.5 Å². The lowest BCUT2D eigenvalue weighted by Gasteiger charge is -2.39. The number of rotatable bonds is 3. The van der Waals surface area contributed by atoms with Gasteiger partial charge in [-0.3, -0.25) is 4.79 Å². The second-order valence-electron chi connectivity index (χ2n) is 6.86. The summed E-state index contributed by atoms with van der Waals surface area (Å²) in [5.41, 5.74) is 0.208. The Morgan fingerprint density at radius 3 is 2.75 bits per heavy atom. The van der Waals surface area contributed by atoms with Gasteiger partial charge in [0.15, 0.2) is 0 Å². The fourth-order valence-electron chi connectivity index (χ4n) is 2.85. The Kier molecular flexibility index (Phi) is 4.11. The van der Waals surface area contributed by atoms with E-state index in [1.165, 1.54) is 6.07 Å². The summed E-state index contributed by atoms with van der Waals surface area (Å²) in [5, 5.41) is 0.823. The maximum Gasteiger partial charge on any atom is 0.336 e. The van der Waals surface area contributed by atoms with Gasteiger partial charge in [0.2, 0.25) is 0 Å². The van der Waals surface area contributed by atoms with Gasteiger partial charge in [0, 0.05) is 23.4 Å². The van der Waals surface area contributed by atoms with Gasteiger partial charge in [-0.15, -0.1) is 0 Å². The fourth-order valence-corrected chi connectivity index (χ4v) is 2.85. The molecule has 0 spiro atoms. The molecule has 5 heteroatoms. The molecule has 1 aliphatic heterocycles. The van der Waals surface area contributed by atoms with Gasteiger partial charge in [-0.1, -0.05) is 13.8 Å². The molecule has 1 aromatic heterocycles. The summed E-state index contributed by atoms with van der Waals surface area (Å²) in [5.74, 6) is 0.273. The van der Waals surface area contributed by atoms with Crippen LogP contribution in [0.5, 0.6) is 5.75 Å². The lowest BCUT2D eigenvalue weighted by molar-refractivity contribution is -0.165. The van der Waals surface area contributed by atoms with Gasteiger partial charge in [-0.25, -0.2) is 4.79 Å². The van der Waals surface area contributed by atoms with Crippen LogP contribution in [0.3, 0.4) is 0 Å². The van der Waals surface area contributed by atoms with Crippen LogP contribution in [0.2, 0.25) is 0 Å². The summed E-state index contributed by atoms with van der Waals surface area (Å²) in [4.78, 5) is 23.8. The van der Waals surface area contributed by atoms with E-state index in [1.54, 1.807) is 6.07 Å². The normalized spacial score (nSPS) is 20.1. The van der Waals surface area contributed by atoms with Crippen LogP contribution < -0.4 is 10.4 Å². The van der Waals surface area contributed by atoms with Gasteiger partial charge in [-0.05, 0) is 38.5 Å². The molecule has 0 amide bonds. The molecular formula is C19H22O5. The number of esters is 1. The molecule has 5 nitrogen and oxygen atoms in total. The summed E-state index contributed by atoms with van der Waals surface area (Å²) < 4.78 is 17.1. The summed E-state index contributed by atoms with van der Waals surface area (Å²) in [7, 11) is 0. The van der Waals surface area contributed by atoms with Crippen molar-refractivity contribution in [1.82, 2.24) is 0 Å². The van der Waals surface area contributed by atoms with E-state index >= 15 is 0 Å². The third-order valence-corrected chi connectivity index (χ3v) is 4.66. The molecule has 24 heavy (non-hydrogen) atoms. The number of ether oxygens (including phenoxy) is 2. The molecule has 0 saturated heterocycles. The Morgan fingerprint density at radius 1 is 1.33 bits per heavy atom. The summed E-state index contributed by atoms with van der Waals surface area (Å²) in [6, 6.07) is 6.84. The van der Waals surface area contributed by atoms with Crippen molar-refractivity contribution in [2.45, 2.75) is 52.2 Å². The minimum Gasteiger partial charge on any atom is -0.484 e. The van der Waals surface area contributed by atoms with Crippen molar-refractivity contribution < 1.29 is 18.7 Å². The van der Waals surface area contributed by atoms with Gasteiger partial charge in [0.1, 0.15) is 23.0 Å². The minimum absolute atomic E-state index is 0.160. The van der Waals surface area contributed by atoms with Crippen molar-refractivity contribution in [3.63, 3.8) is 0 Å². The van der Waals surface area contributed by atoms with Crippen LogP contribution in [0.1, 0.15) is 39.7 Å². The zero-order valence-electron chi connectivity index (χ0n) is 14.4. The number of benzene rings is 1. The van der Waals surface area contributed by atoms with Crippen LogP contribution >= 0.6 is 0 Å². The van der Waals surface area contributed by atoms with E-state index in [2.05, 4.69) is 0 Å². The highest BCUT2D eigenvalue weighted by atomic mass is 16.6. The Bertz CT molecular complexity index is 833. The van der Waals surface area contributed by atoms with E-state index in [-0.39, 0.29) is 11.9 Å². The first-order chi connectivity index (χ1) is 11.3. The van der Waals surface area contributed by atoms with E-state index in [0.29, 0.717) is 17.8 Å². The third-order valence-electron chi connectivity index (χ3n) is 4.66. The molecule has 2 unspecified atom stereocenters. The second-order valence-corrected chi connectivity index (χ2v) is 6.86. The molecule has 0 N–H and O–H groups in total. The summed E-state index contributed by atoms with van der Waals surface area (Å²) in [6.07, 6.45) is 0.735. The van der Waals surface area contributed by atoms with E-state index in [1.807, 2.05) is 39.8 Å². The molecule has 2 heterocycles. The van der Waals surface area contributed by atoms with E-state index in [0.717, 1.165) is 17.4 Å². The highest BCUT2D eigenvalue weighted by Gasteiger charge is 2.41. The number of carbonyl (C=O) groups excluding carboxylic acids is 1. The van der Waals surface area contributed by atoms with Crippen molar-refractivity contribution in [1.29, 1.82) is 0 Å². The Morgan fingerprint density at radius 2 is 2.04 bits per heavy atom. The highest BCUT2D eigenvalue weighted by molar-refractivity contribution is 5.82. The van der Waals surface area contributed by atoms with Gasteiger partial charge < -0.3 is 13.9 Å². The van der Waals surface area contributed by atoms with Crippen molar-refractivity contribution >= 4 is 16.9 Å². The standard InChI is InChI=1S/C19H22O5/c1-5-11(2)18(21)22-15-10-13-14(24-19(15,3)4)8-6-12-7-9-16(20)23-17(12)13/h6-9,11,15H,5,10H2,1-4H3. The van der Waals surface area contributed by atoms with Gasteiger partial charge >= 0.3 is 11.6 Å². The summed E-state index contributed by atoms with van der Waals surface area (Å²) in [6.45, 7) is 7.60. The maximum atomic E-state index is 12.2. The average Bonchev–Trinajstić information content (AvgIpc) is 2.54. The van der Waals surface area contributed by atoms with Crippen molar-refractivity contribution in [2.75, 3.05) is 0 Å². The number of fused-ring (bicyclic) bond motifs is 3. The monoisotopic (exact) mass is 330 g/mol. The zero-order chi connectivity index (χ0) is 17.5. The predicted octanol–water partition coefficient (Wildman–Crippen LogP) is 3.46. The lowest BCUT2D eigenvalue weighted by atomic mass is 9.89. The first kappa shape index (κ1) is 16.6. The Balaban J connectivity index is 2.01. The highest BCUT2D eigenvalue weighted by Crippen LogP contribution is 2.38. The third kappa shape index (κ3) is 2.90. The van der Waals surface area contributed by atoms with Crippen molar-refractivity contribution in [3.8, 4) is 5.75 Å². The number of hydrogen-bond donors (Lipinski definition) is 0. The molecule has 0 aliphatic carbocycles. The zero-order valence-corrected chi connectivity index (χ0v) is 14.4. The second kappa shape index (κ2) is 5.96.